The molecule has 4 nitrogen and oxygen atoms in total. The summed E-state index contributed by atoms with van der Waals surface area (Å²) in [7, 11) is 0. The Hall–Kier alpha value is -1.88. The molecular weight excluding hydrogens is 352 g/mol. The number of benzene rings is 1. The highest BCUT2D eigenvalue weighted by Crippen LogP contribution is 2.29. The maximum Gasteiger partial charge on any atom is 0.212 e. The van der Waals surface area contributed by atoms with Crippen LogP contribution in [0.5, 0.6) is 0 Å². The number of imidazole rings is 1. The van der Waals surface area contributed by atoms with Gasteiger partial charge in [0.1, 0.15) is 10.1 Å². The van der Waals surface area contributed by atoms with E-state index in [1.165, 1.54) is 24.8 Å². The quantitative estimate of drug-likeness (QED) is 0.623. The standard InChI is InChI=1S/C18H19BrN4/c1-13-5-7-14(8-6-13)23-17-15(9-10-16(19)21-17)20-18(23)22-11-3-2-4-12-22/h5-10H,2-4,11-12H2,1H3. The third-order valence-electron chi connectivity index (χ3n) is 4.38. The van der Waals surface area contributed by atoms with Crippen LogP contribution < -0.4 is 4.90 Å². The molecule has 1 aromatic carbocycles. The summed E-state index contributed by atoms with van der Waals surface area (Å²) in [5.74, 6) is 1.01. The van der Waals surface area contributed by atoms with Gasteiger partial charge in [0.15, 0.2) is 5.65 Å². The van der Waals surface area contributed by atoms with Gasteiger partial charge in [-0.15, -0.1) is 0 Å². The van der Waals surface area contributed by atoms with Crippen LogP contribution in [0.15, 0.2) is 41.0 Å². The minimum Gasteiger partial charge on any atom is -0.342 e. The van der Waals surface area contributed by atoms with E-state index in [9.17, 15) is 0 Å². The Kier molecular flexibility index (Phi) is 3.81. The van der Waals surface area contributed by atoms with Gasteiger partial charge in [-0.1, -0.05) is 17.7 Å². The molecule has 0 radical (unpaired) electrons. The van der Waals surface area contributed by atoms with Crippen molar-refractivity contribution in [3.05, 3.63) is 46.6 Å². The number of piperidine rings is 1. The summed E-state index contributed by atoms with van der Waals surface area (Å²) in [6.45, 7) is 4.24. The van der Waals surface area contributed by atoms with Crippen molar-refractivity contribution in [2.75, 3.05) is 18.0 Å². The molecule has 23 heavy (non-hydrogen) atoms. The zero-order chi connectivity index (χ0) is 15.8. The molecule has 0 atom stereocenters. The Morgan fingerprint density at radius 1 is 0.913 bits per heavy atom. The van der Waals surface area contributed by atoms with Gasteiger partial charge in [-0.3, -0.25) is 4.57 Å². The lowest BCUT2D eigenvalue weighted by Crippen LogP contribution is -2.31. The molecule has 0 saturated carbocycles. The lowest BCUT2D eigenvalue weighted by molar-refractivity contribution is 0.566. The smallest absolute Gasteiger partial charge is 0.212 e. The molecule has 5 heteroatoms. The first kappa shape index (κ1) is 14.7. The largest absolute Gasteiger partial charge is 0.342 e. The van der Waals surface area contributed by atoms with Crippen molar-refractivity contribution < 1.29 is 0 Å². The van der Waals surface area contributed by atoms with Crippen molar-refractivity contribution in [2.24, 2.45) is 0 Å². The number of fused-ring (bicyclic) bond motifs is 1. The van der Waals surface area contributed by atoms with Gasteiger partial charge in [-0.2, -0.15) is 0 Å². The van der Waals surface area contributed by atoms with Crippen LogP contribution in [-0.4, -0.2) is 27.6 Å². The van der Waals surface area contributed by atoms with E-state index in [0.717, 1.165) is 40.5 Å². The van der Waals surface area contributed by atoms with Crippen molar-refractivity contribution in [2.45, 2.75) is 26.2 Å². The van der Waals surface area contributed by atoms with Gasteiger partial charge >= 0.3 is 0 Å². The van der Waals surface area contributed by atoms with E-state index in [1.807, 2.05) is 12.1 Å². The molecule has 0 amide bonds. The summed E-state index contributed by atoms with van der Waals surface area (Å²) in [6.07, 6.45) is 3.77. The molecule has 0 spiro atoms. The molecule has 0 aliphatic carbocycles. The summed E-state index contributed by atoms with van der Waals surface area (Å²) in [6, 6.07) is 12.6. The fourth-order valence-corrected chi connectivity index (χ4v) is 3.46. The fraction of sp³-hybridized carbons (Fsp3) is 0.333. The number of hydrogen-bond acceptors (Lipinski definition) is 3. The van der Waals surface area contributed by atoms with Crippen molar-refractivity contribution in [1.29, 1.82) is 0 Å². The zero-order valence-electron chi connectivity index (χ0n) is 13.2. The monoisotopic (exact) mass is 370 g/mol. The molecule has 0 unspecified atom stereocenters. The molecule has 1 fully saturated rings. The molecule has 118 valence electrons. The molecule has 3 aromatic rings. The summed E-state index contributed by atoms with van der Waals surface area (Å²) >= 11 is 3.49. The molecule has 0 N–H and O–H groups in total. The van der Waals surface area contributed by atoms with Crippen LogP contribution in [0, 0.1) is 6.92 Å². The van der Waals surface area contributed by atoms with E-state index in [4.69, 9.17) is 4.98 Å². The van der Waals surface area contributed by atoms with Crippen LogP contribution in [0.1, 0.15) is 24.8 Å². The minimum absolute atomic E-state index is 0.837. The molecule has 4 rings (SSSR count). The van der Waals surface area contributed by atoms with Crippen LogP contribution >= 0.6 is 15.9 Å². The van der Waals surface area contributed by atoms with Crippen LogP contribution in [0.3, 0.4) is 0 Å². The topological polar surface area (TPSA) is 34.0 Å². The van der Waals surface area contributed by atoms with Gasteiger partial charge in [-0.25, -0.2) is 9.97 Å². The molecule has 2 aromatic heterocycles. The zero-order valence-corrected chi connectivity index (χ0v) is 14.8. The SMILES string of the molecule is Cc1ccc(-n2c(N3CCCCC3)nc3ccc(Br)nc32)cc1. The molecule has 3 heterocycles. The first-order chi connectivity index (χ1) is 11.2. The van der Waals surface area contributed by atoms with Gasteiger partial charge < -0.3 is 4.90 Å². The van der Waals surface area contributed by atoms with Gasteiger partial charge in [0.05, 0.1) is 5.69 Å². The predicted molar refractivity (Wildman–Crippen MR) is 97.4 cm³/mol. The highest BCUT2D eigenvalue weighted by atomic mass is 79.9. The van der Waals surface area contributed by atoms with Crippen molar-refractivity contribution in [1.82, 2.24) is 14.5 Å². The van der Waals surface area contributed by atoms with E-state index in [1.54, 1.807) is 0 Å². The van der Waals surface area contributed by atoms with Gasteiger partial charge in [0.2, 0.25) is 5.95 Å². The second-order valence-electron chi connectivity index (χ2n) is 6.11. The van der Waals surface area contributed by atoms with Gasteiger partial charge in [-0.05, 0) is 66.4 Å². The summed E-state index contributed by atoms with van der Waals surface area (Å²) in [5.41, 5.74) is 4.22. The summed E-state index contributed by atoms with van der Waals surface area (Å²) in [4.78, 5) is 12.0. The lowest BCUT2D eigenvalue weighted by Gasteiger charge is -2.28. The van der Waals surface area contributed by atoms with Crippen LogP contribution in [0.25, 0.3) is 16.9 Å². The Morgan fingerprint density at radius 2 is 1.65 bits per heavy atom. The van der Waals surface area contributed by atoms with Crippen molar-refractivity contribution >= 4 is 33.0 Å². The van der Waals surface area contributed by atoms with E-state index >= 15 is 0 Å². The van der Waals surface area contributed by atoms with Crippen LogP contribution in [0.4, 0.5) is 5.95 Å². The molecule has 1 aliphatic rings. The van der Waals surface area contributed by atoms with E-state index in [0.29, 0.717) is 0 Å². The van der Waals surface area contributed by atoms with Crippen molar-refractivity contribution in [3.8, 4) is 5.69 Å². The Balaban J connectivity index is 1.93. The number of rotatable bonds is 2. The van der Waals surface area contributed by atoms with Crippen LogP contribution in [-0.2, 0) is 0 Å². The number of halogens is 1. The fourth-order valence-electron chi connectivity index (χ4n) is 3.16. The number of aryl methyl sites for hydroxylation is 1. The average Bonchev–Trinajstić information content (AvgIpc) is 2.95. The highest BCUT2D eigenvalue weighted by molar-refractivity contribution is 9.10. The Bertz CT molecular complexity index is 832. The molecule has 0 bridgehead atoms. The number of aromatic nitrogens is 3. The second kappa shape index (κ2) is 5.96. The minimum atomic E-state index is 0.837. The maximum absolute atomic E-state index is 4.88. The Morgan fingerprint density at radius 3 is 2.39 bits per heavy atom. The van der Waals surface area contributed by atoms with Crippen molar-refractivity contribution in [3.63, 3.8) is 0 Å². The Labute approximate surface area is 144 Å². The van der Waals surface area contributed by atoms with E-state index < -0.39 is 0 Å². The maximum atomic E-state index is 4.88. The highest BCUT2D eigenvalue weighted by Gasteiger charge is 2.21. The number of anilines is 1. The third-order valence-corrected chi connectivity index (χ3v) is 4.83. The molecule has 1 aliphatic heterocycles. The first-order valence-corrected chi connectivity index (χ1v) is 8.89. The first-order valence-electron chi connectivity index (χ1n) is 8.09. The number of pyridine rings is 1. The number of hydrogen-bond donors (Lipinski definition) is 0. The van der Waals surface area contributed by atoms with Gasteiger partial charge in [0.25, 0.3) is 0 Å². The van der Waals surface area contributed by atoms with E-state index in [-0.39, 0.29) is 0 Å². The summed E-state index contributed by atoms with van der Waals surface area (Å²) < 4.78 is 3.02. The predicted octanol–water partition coefficient (Wildman–Crippen LogP) is 4.48. The molecular formula is C18H19BrN4. The average molecular weight is 371 g/mol. The van der Waals surface area contributed by atoms with Gasteiger partial charge in [0, 0.05) is 13.1 Å². The third kappa shape index (κ3) is 2.74. The van der Waals surface area contributed by atoms with E-state index in [2.05, 4.69) is 61.6 Å². The summed E-state index contributed by atoms with van der Waals surface area (Å²) in [5, 5.41) is 0. The number of nitrogens with zero attached hydrogens (tertiary/aromatic N) is 4. The second-order valence-corrected chi connectivity index (χ2v) is 6.92. The normalized spacial score (nSPS) is 15.3. The van der Waals surface area contributed by atoms with Crippen LogP contribution in [0.2, 0.25) is 0 Å². The molecule has 1 saturated heterocycles. The lowest BCUT2D eigenvalue weighted by atomic mass is 10.1.